The molecule has 0 aliphatic heterocycles. The third-order valence-corrected chi connectivity index (χ3v) is 5.69. The summed E-state index contributed by atoms with van der Waals surface area (Å²) in [5.74, 6) is 9.90. The lowest BCUT2D eigenvalue weighted by Gasteiger charge is -2.14. The van der Waals surface area contributed by atoms with Crippen LogP contribution in [0.3, 0.4) is 0 Å². The molecule has 0 spiro atoms. The quantitative estimate of drug-likeness (QED) is 0.303. The minimum absolute atomic E-state index is 0.108. The summed E-state index contributed by atoms with van der Waals surface area (Å²) in [5, 5.41) is 14.2. The zero-order chi connectivity index (χ0) is 28.0. The molecule has 0 saturated carbocycles. The van der Waals surface area contributed by atoms with Crippen LogP contribution in [-0.2, 0) is 16.0 Å². The van der Waals surface area contributed by atoms with Crippen molar-refractivity contribution in [2.24, 2.45) is 5.73 Å². The summed E-state index contributed by atoms with van der Waals surface area (Å²) in [5.41, 5.74) is 8.41. The van der Waals surface area contributed by atoms with Gasteiger partial charge in [-0.3, -0.25) is 14.4 Å². The Labute approximate surface area is 226 Å². The molecule has 3 rings (SSSR count). The van der Waals surface area contributed by atoms with Gasteiger partial charge in [0.1, 0.15) is 18.5 Å². The normalized spacial score (nSPS) is 10.7. The summed E-state index contributed by atoms with van der Waals surface area (Å²) in [7, 11) is 0. The number of ketones is 1. The number of carbonyl (C=O) groups excluding carboxylic acids is 3. The first-order valence-corrected chi connectivity index (χ1v) is 12.3. The summed E-state index contributed by atoms with van der Waals surface area (Å²) in [6.07, 6.45) is 1.33. The minimum Gasteiger partial charge on any atom is -0.388 e. The van der Waals surface area contributed by atoms with Gasteiger partial charge >= 0.3 is 0 Å². The van der Waals surface area contributed by atoms with E-state index in [0.29, 0.717) is 35.2 Å². The van der Waals surface area contributed by atoms with Crippen molar-refractivity contribution in [3.63, 3.8) is 0 Å². The van der Waals surface area contributed by atoms with Crippen LogP contribution in [0.5, 0.6) is 0 Å². The number of hydrogen-bond acceptors (Lipinski definition) is 5. The van der Waals surface area contributed by atoms with Crippen molar-refractivity contribution >= 4 is 23.3 Å². The number of hydrogen-bond donors (Lipinski definition) is 4. The van der Waals surface area contributed by atoms with E-state index in [1.807, 2.05) is 0 Å². The summed E-state index contributed by atoms with van der Waals surface area (Å²) in [6.45, 7) is -0.804. The minimum atomic E-state index is -0.945. The fraction of sp³-hybridized carbons (Fsp3) is 0.194. The van der Waals surface area contributed by atoms with Gasteiger partial charge in [0.05, 0.1) is 0 Å². The smallest absolute Gasteiger partial charge is 0.251 e. The zero-order valence-electron chi connectivity index (χ0n) is 21.2. The summed E-state index contributed by atoms with van der Waals surface area (Å²) in [4.78, 5) is 36.0. The molecular formula is C31H28FN3O4. The zero-order valence-corrected chi connectivity index (χ0v) is 21.2. The number of aryl methyl sites for hydroxylation is 1. The second kappa shape index (κ2) is 14.8. The maximum absolute atomic E-state index is 13.7. The average Bonchev–Trinajstić information content (AvgIpc) is 2.95. The molecule has 0 aliphatic rings. The summed E-state index contributed by atoms with van der Waals surface area (Å²) >= 11 is 0. The molecule has 7 nitrogen and oxygen atoms in total. The fourth-order valence-corrected chi connectivity index (χ4v) is 3.54. The molecule has 3 aromatic carbocycles. The highest BCUT2D eigenvalue weighted by atomic mass is 19.1. The van der Waals surface area contributed by atoms with Gasteiger partial charge in [-0.1, -0.05) is 30.0 Å². The number of anilines is 1. The number of rotatable bonds is 10. The van der Waals surface area contributed by atoms with Crippen LogP contribution < -0.4 is 16.4 Å². The van der Waals surface area contributed by atoms with Gasteiger partial charge in [-0.2, -0.15) is 0 Å². The third kappa shape index (κ3) is 9.24. The molecule has 5 N–H and O–H groups in total. The monoisotopic (exact) mass is 525 g/mol. The number of amides is 2. The molecule has 1 atom stereocenters. The lowest BCUT2D eigenvalue weighted by atomic mass is 10.1. The highest BCUT2D eigenvalue weighted by molar-refractivity contribution is 5.98. The lowest BCUT2D eigenvalue weighted by Crippen LogP contribution is -2.46. The van der Waals surface area contributed by atoms with Gasteiger partial charge in [-0.15, -0.1) is 0 Å². The largest absolute Gasteiger partial charge is 0.388 e. The van der Waals surface area contributed by atoms with Crippen LogP contribution in [0.2, 0.25) is 0 Å². The van der Waals surface area contributed by atoms with E-state index in [4.69, 9.17) is 10.8 Å². The predicted molar refractivity (Wildman–Crippen MR) is 147 cm³/mol. The van der Waals surface area contributed by atoms with E-state index in [1.165, 1.54) is 6.07 Å². The first-order chi connectivity index (χ1) is 18.9. The molecule has 3 aromatic rings. The highest BCUT2D eigenvalue weighted by Crippen LogP contribution is 2.12. The van der Waals surface area contributed by atoms with Crippen molar-refractivity contribution in [1.29, 1.82) is 0 Å². The van der Waals surface area contributed by atoms with Gasteiger partial charge in [0.15, 0.2) is 5.78 Å². The molecule has 198 valence electrons. The molecular weight excluding hydrogens is 497 g/mol. The molecule has 0 heterocycles. The number of aliphatic hydroxyl groups excluding tert-OH is 1. The van der Waals surface area contributed by atoms with Crippen LogP contribution in [0.25, 0.3) is 0 Å². The molecule has 0 bridgehead atoms. The molecule has 0 saturated heterocycles. The number of carbonyl (C=O) groups is 3. The Morgan fingerprint density at radius 1 is 0.897 bits per heavy atom. The van der Waals surface area contributed by atoms with Crippen LogP contribution in [0.4, 0.5) is 10.1 Å². The molecule has 0 aromatic heterocycles. The van der Waals surface area contributed by atoms with E-state index in [9.17, 15) is 18.8 Å². The fourth-order valence-electron chi connectivity index (χ4n) is 3.54. The second-order valence-corrected chi connectivity index (χ2v) is 8.53. The summed E-state index contributed by atoms with van der Waals surface area (Å²) in [6, 6.07) is 19.1. The van der Waals surface area contributed by atoms with Crippen LogP contribution in [-0.4, -0.2) is 41.9 Å². The Balaban J connectivity index is 1.47. The van der Waals surface area contributed by atoms with Gasteiger partial charge in [0.2, 0.25) is 5.91 Å². The van der Waals surface area contributed by atoms with E-state index in [0.717, 1.165) is 5.56 Å². The molecule has 8 heteroatoms. The van der Waals surface area contributed by atoms with Crippen molar-refractivity contribution in [2.75, 3.05) is 18.5 Å². The van der Waals surface area contributed by atoms with Crippen molar-refractivity contribution < 1.29 is 23.9 Å². The first-order valence-electron chi connectivity index (χ1n) is 12.3. The molecule has 0 fully saturated rings. The van der Waals surface area contributed by atoms with E-state index in [1.54, 1.807) is 66.7 Å². The van der Waals surface area contributed by atoms with Gasteiger partial charge in [-0.05, 0) is 84.8 Å². The number of aliphatic hydroxyl groups is 1. The van der Waals surface area contributed by atoms with Crippen LogP contribution in [0.1, 0.15) is 39.9 Å². The number of Topliss-reactive ketones (excluding diaryl/α,β-unsaturated/α-hetero) is 1. The standard InChI is InChI=1S/C31H28FN3O4/c32-27-10-4-3-8-24(27)9-5-11-30(38)34-26-18-14-23(15-19-26)7-2-1-6-22-12-16-25(17-13-22)31(39)35-28(20-33)29(37)21-36/h3-4,8,10,12-19,28,36H,5,9,11,20-21,33H2,(H,34,38)(H,35,39)/t28-/m0/s1. The summed E-state index contributed by atoms with van der Waals surface area (Å²) < 4.78 is 13.7. The van der Waals surface area contributed by atoms with Crippen molar-refractivity contribution in [2.45, 2.75) is 25.3 Å². The van der Waals surface area contributed by atoms with Crippen molar-refractivity contribution in [3.05, 3.63) is 101 Å². The Bertz CT molecular complexity index is 1430. The molecule has 0 radical (unpaired) electrons. The topological polar surface area (TPSA) is 122 Å². The van der Waals surface area contributed by atoms with Crippen LogP contribution >= 0.6 is 0 Å². The first kappa shape index (κ1) is 28.8. The molecule has 0 unspecified atom stereocenters. The van der Waals surface area contributed by atoms with Gasteiger partial charge in [0.25, 0.3) is 5.91 Å². The Morgan fingerprint density at radius 2 is 1.51 bits per heavy atom. The maximum Gasteiger partial charge on any atom is 0.251 e. The van der Waals surface area contributed by atoms with Gasteiger partial charge < -0.3 is 21.5 Å². The van der Waals surface area contributed by atoms with Crippen LogP contribution in [0.15, 0.2) is 72.8 Å². The number of halogens is 1. The Morgan fingerprint density at radius 3 is 2.10 bits per heavy atom. The van der Waals surface area contributed by atoms with Gasteiger partial charge in [-0.25, -0.2) is 4.39 Å². The van der Waals surface area contributed by atoms with E-state index in [-0.39, 0.29) is 24.7 Å². The highest BCUT2D eigenvalue weighted by Gasteiger charge is 2.18. The van der Waals surface area contributed by atoms with Gasteiger partial charge in [0, 0.05) is 35.3 Å². The van der Waals surface area contributed by atoms with E-state index >= 15 is 0 Å². The predicted octanol–water partition coefficient (Wildman–Crippen LogP) is 2.81. The van der Waals surface area contributed by atoms with E-state index < -0.39 is 24.3 Å². The molecule has 39 heavy (non-hydrogen) atoms. The van der Waals surface area contributed by atoms with Crippen molar-refractivity contribution in [1.82, 2.24) is 5.32 Å². The molecule has 0 aliphatic carbocycles. The Hall–Kier alpha value is -4.76. The second-order valence-electron chi connectivity index (χ2n) is 8.53. The third-order valence-electron chi connectivity index (χ3n) is 5.69. The number of benzene rings is 3. The van der Waals surface area contributed by atoms with Crippen molar-refractivity contribution in [3.8, 4) is 23.7 Å². The maximum atomic E-state index is 13.7. The number of nitrogens with one attached hydrogen (secondary N) is 2. The Kier molecular flexibility index (Phi) is 11.0. The number of nitrogens with two attached hydrogens (primary N) is 1. The average molecular weight is 526 g/mol. The van der Waals surface area contributed by atoms with Crippen LogP contribution in [0, 0.1) is 29.5 Å². The molecule has 2 amide bonds. The lowest BCUT2D eigenvalue weighted by molar-refractivity contribution is -0.123. The SMILES string of the molecule is NC[C@H](NC(=O)c1ccc(C#CC#Cc2ccc(NC(=O)CCCc3ccccc3F)cc2)cc1)C(=O)CO. The van der Waals surface area contributed by atoms with E-state index in [2.05, 4.69) is 34.3 Å².